The summed E-state index contributed by atoms with van der Waals surface area (Å²) >= 11 is 0. The molecule has 0 radical (unpaired) electrons. The minimum atomic E-state index is -0.685. The van der Waals surface area contributed by atoms with Gasteiger partial charge in [-0.05, 0) is 19.8 Å². The van der Waals surface area contributed by atoms with E-state index in [9.17, 15) is 9.59 Å². The van der Waals surface area contributed by atoms with Gasteiger partial charge in [-0.2, -0.15) is 0 Å². The van der Waals surface area contributed by atoms with Crippen LogP contribution in [0.2, 0.25) is 0 Å². The fourth-order valence-electron chi connectivity index (χ4n) is 1.32. The van der Waals surface area contributed by atoms with E-state index in [1.807, 2.05) is 6.92 Å². The number of aldehydes is 1. The highest BCUT2D eigenvalue weighted by Crippen LogP contribution is 2.27. The van der Waals surface area contributed by atoms with E-state index in [2.05, 4.69) is 6.92 Å². The van der Waals surface area contributed by atoms with E-state index < -0.39 is 5.41 Å². The lowest BCUT2D eigenvalue weighted by Crippen LogP contribution is -2.30. The van der Waals surface area contributed by atoms with Crippen molar-refractivity contribution in [3.8, 4) is 0 Å². The second kappa shape index (κ2) is 5.07. The summed E-state index contributed by atoms with van der Waals surface area (Å²) in [6, 6.07) is 0. The molecule has 0 heterocycles. The number of rotatable bonds is 6. The van der Waals surface area contributed by atoms with Crippen LogP contribution in [-0.4, -0.2) is 12.1 Å². The van der Waals surface area contributed by atoms with Crippen LogP contribution in [0.3, 0.4) is 0 Å². The Morgan fingerprint density at radius 1 is 1.42 bits per heavy atom. The number of hydrogen-bond donors (Lipinski definition) is 0. The molecule has 0 aromatic heterocycles. The predicted octanol–water partition coefficient (Wildman–Crippen LogP) is 2.36. The van der Waals surface area contributed by atoms with Gasteiger partial charge >= 0.3 is 0 Å². The summed E-state index contributed by atoms with van der Waals surface area (Å²) in [7, 11) is 0. The predicted molar refractivity (Wildman–Crippen MR) is 49.0 cm³/mol. The van der Waals surface area contributed by atoms with Gasteiger partial charge in [0, 0.05) is 0 Å². The van der Waals surface area contributed by atoms with Gasteiger partial charge in [-0.15, -0.1) is 0 Å². The van der Waals surface area contributed by atoms with Crippen LogP contribution in [0.5, 0.6) is 0 Å². The Bertz CT molecular complexity index is 163. The van der Waals surface area contributed by atoms with Crippen LogP contribution in [0.1, 0.15) is 46.5 Å². The minimum Gasteiger partial charge on any atom is -0.302 e. The average molecular weight is 170 g/mol. The van der Waals surface area contributed by atoms with Gasteiger partial charge in [0.2, 0.25) is 0 Å². The maximum atomic E-state index is 11.2. The highest BCUT2D eigenvalue weighted by Gasteiger charge is 2.31. The van der Waals surface area contributed by atoms with Crippen molar-refractivity contribution in [2.45, 2.75) is 46.5 Å². The Labute approximate surface area is 74.3 Å². The molecule has 0 spiro atoms. The van der Waals surface area contributed by atoms with E-state index in [1.165, 1.54) is 6.92 Å². The van der Waals surface area contributed by atoms with E-state index in [1.54, 1.807) is 0 Å². The molecule has 0 aromatic carbocycles. The summed E-state index contributed by atoms with van der Waals surface area (Å²) in [6.45, 7) is 5.46. The highest BCUT2D eigenvalue weighted by molar-refractivity contribution is 5.96. The Hall–Kier alpha value is -0.660. The average Bonchev–Trinajstić information content (AvgIpc) is 2.07. The molecule has 2 nitrogen and oxygen atoms in total. The molecule has 12 heavy (non-hydrogen) atoms. The van der Waals surface area contributed by atoms with Crippen LogP contribution in [0.4, 0.5) is 0 Å². The number of hydrogen-bond acceptors (Lipinski definition) is 2. The van der Waals surface area contributed by atoms with Crippen molar-refractivity contribution in [2.24, 2.45) is 5.41 Å². The van der Waals surface area contributed by atoms with Crippen LogP contribution in [-0.2, 0) is 9.59 Å². The van der Waals surface area contributed by atoms with Crippen molar-refractivity contribution in [3.63, 3.8) is 0 Å². The summed E-state index contributed by atoms with van der Waals surface area (Å²) in [5.41, 5.74) is -0.685. The summed E-state index contributed by atoms with van der Waals surface area (Å²) in [6.07, 6.45) is 4.14. The van der Waals surface area contributed by atoms with Crippen molar-refractivity contribution < 1.29 is 9.59 Å². The lowest BCUT2D eigenvalue weighted by Gasteiger charge is -2.22. The van der Waals surface area contributed by atoms with Gasteiger partial charge in [0.15, 0.2) is 0 Å². The molecular weight excluding hydrogens is 152 g/mol. The molecule has 0 bridgehead atoms. The molecular formula is C10H18O2. The summed E-state index contributed by atoms with van der Waals surface area (Å²) < 4.78 is 0. The molecule has 0 rings (SSSR count). The third kappa shape index (κ3) is 2.43. The van der Waals surface area contributed by atoms with E-state index >= 15 is 0 Å². The van der Waals surface area contributed by atoms with E-state index in [-0.39, 0.29) is 5.78 Å². The zero-order valence-corrected chi connectivity index (χ0v) is 8.22. The van der Waals surface area contributed by atoms with E-state index in [0.717, 1.165) is 19.1 Å². The Morgan fingerprint density at radius 3 is 2.25 bits per heavy atom. The van der Waals surface area contributed by atoms with Crippen molar-refractivity contribution >= 4 is 12.1 Å². The van der Waals surface area contributed by atoms with Gasteiger partial charge in [0.1, 0.15) is 12.1 Å². The van der Waals surface area contributed by atoms with Gasteiger partial charge in [-0.3, -0.25) is 4.79 Å². The maximum Gasteiger partial charge on any atom is 0.143 e. The smallest absolute Gasteiger partial charge is 0.143 e. The van der Waals surface area contributed by atoms with Crippen molar-refractivity contribution in [1.29, 1.82) is 0 Å². The molecule has 0 aromatic rings. The van der Waals surface area contributed by atoms with Gasteiger partial charge < -0.3 is 4.79 Å². The fraction of sp³-hybridized carbons (Fsp3) is 0.800. The number of unbranched alkanes of at least 4 members (excludes halogenated alkanes) is 1. The first-order chi connectivity index (χ1) is 5.63. The third-order valence-corrected chi connectivity index (χ3v) is 2.53. The lowest BCUT2D eigenvalue weighted by atomic mass is 9.78. The zero-order valence-electron chi connectivity index (χ0n) is 8.22. The topological polar surface area (TPSA) is 34.1 Å². The Morgan fingerprint density at radius 2 is 2.00 bits per heavy atom. The van der Waals surface area contributed by atoms with E-state index in [4.69, 9.17) is 0 Å². The first-order valence-electron chi connectivity index (χ1n) is 4.60. The summed E-state index contributed by atoms with van der Waals surface area (Å²) in [4.78, 5) is 22.0. The molecule has 0 saturated heterocycles. The SMILES string of the molecule is CCCCC(C=O)(CC)C(C)=O. The largest absolute Gasteiger partial charge is 0.302 e. The fourth-order valence-corrected chi connectivity index (χ4v) is 1.32. The molecule has 0 amide bonds. The number of carbonyl (C=O) groups excluding carboxylic acids is 2. The normalized spacial score (nSPS) is 15.2. The van der Waals surface area contributed by atoms with Crippen LogP contribution in [0, 0.1) is 5.41 Å². The third-order valence-electron chi connectivity index (χ3n) is 2.53. The zero-order chi connectivity index (χ0) is 9.61. The highest BCUT2D eigenvalue weighted by atomic mass is 16.1. The molecule has 0 N–H and O–H groups in total. The summed E-state index contributed by atoms with van der Waals surface area (Å²) in [5.74, 6) is 0.00782. The minimum absolute atomic E-state index is 0.00782. The second-order valence-electron chi connectivity index (χ2n) is 3.29. The quantitative estimate of drug-likeness (QED) is 0.453. The molecule has 0 aliphatic heterocycles. The van der Waals surface area contributed by atoms with Crippen LogP contribution in [0.15, 0.2) is 0 Å². The molecule has 1 atom stereocenters. The van der Waals surface area contributed by atoms with Crippen molar-refractivity contribution in [1.82, 2.24) is 0 Å². The van der Waals surface area contributed by atoms with Crippen LogP contribution in [0.25, 0.3) is 0 Å². The van der Waals surface area contributed by atoms with E-state index in [0.29, 0.717) is 12.8 Å². The molecule has 0 aliphatic carbocycles. The van der Waals surface area contributed by atoms with Crippen molar-refractivity contribution in [3.05, 3.63) is 0 Å². The standard InChI is InChI=1S/C10H18O2/c1-4-6-7-10(5-2,8-11)9(3)12/h8H,4-7H2,1-3H3. The van der Waals surface area contributed by atoms with Crippen LogP contribution >= 0.6 is 0 Å². The number of Topliss-reactive ketones (excluding diaryl/α,β-unsaturated/α-hetero) is 1. The van der Waals surface area contributed by atoms with Crippen molar-refractivity contribution in [2.75, 3.05) is 0 Å². The molecule has 2 heteroatoms. The van der Waals surface area contributed by atoms with Gasteiger partial charge in [-0.25, -0.2) is 0 Å². The van der Waals surface area contributed by atoms with Gasteiger partial charge in [0.05, 0.1) is 5.41 Å². The molecule has 0 aliphatic rings. The second-order valence-corrected chi connectivity index (χ2v) is 3.29. The lowest BCUT2D eigenvalue weighted by molar-refractivity contribution is -0.133. The molecule has 1 unspecified atom stereocenters. The monoisotopic (exact) mass is 170 g/mol. The van der Waals surface area contributed by atoms with Gasteiger partial charge in [0.25, 0.3) is 0 Å². The molecule has 70 valence electrons. The molecule has 0 saturated carbocycles. The number of carbonyl (C=O) groups is 2. The van der Waals surface area contributed by atoms with Crippen LogP contribution < -0.4 is 0 Å². The maximum absolute atomic E-state index is 11.2. The first-order valence-corrected chi connectivity index (χ1v) is 4.60. The Kier molecular flexibility index (Phi) is 4.79. The number of ketones is 1. The Balaban J connectivity index is 4.35. The first kappa shape index (κ1) is 11.3. The summed E-state index contributed by atoms with van der Waals surface area (Å²) in [5, 5.41) is 0. The van der Waals surface area contributed by atoms with Gasteiger partial charge in [-0.1, -0.05) is 26.7 Å². The molecule has 0 fully saturated rings.